The van der Waals surface area contributed by atoms with Crippen molar-refractivity contribution in [2.75, 3.05) is 11.5 Å². The molecule has 0 radical (unpaired) electrons. The monoisotopic (exact) mass is 454 g/mol. The number of aromatic nitrogens is 1. The van der Waals surface area contributed by atoms with Crippen LogP contribution in [0.2, 0.25) is 0 Å². The fraction of sp³-hybridized carbons (Fsp3) is 0.250. The molecule has 0 aliphatic carbocycles. The van der Waals surface area contributed by atoms with E-state index in [0.29, 0.717) is 6.07 Å². The number of amides is 1. The molecule has 162 valence electrons. The molecule has 31 heavy (non-hydrogen) atoms. The topological polar surface area (TPSA) is 68.7 Å². The summed E-state index contributed by atoms with van der Waals surface area (Å²) < 4.78 is 65.4. The zero-order valence-corrected chi connectivity index (χ0v) is 16.8. The van der Waals surface area contributed by atoms with Crippen molar-refractivity contribution in [3.8, 4) is 5.75 Å². The van der Waals surface area contributed by atoms with Crippen LogP contribution in [0.15, 0.2) is 24.3 Å². The van der Waals surface area contributed by atoms with Crippen LogP contribution in [0.4, 0.5) is 23.2 Å². The van der Waals surface area contributed by atoms with E-state index in [2.05, 4.69) is 4.98 Å². The number of fused-ring (bicyclic) bond motifs is 2. The molecule has 2 heterocycles. The number of ether oxygens (including phenoxy) is 2. The molecule has 0 saturated carbocycles. The number of hydrogen-bond donors (Lipinski definition) is 0. The third-order valence-electron chi connectivity index (χ3n) is 4.53. The summed E-state index contributed by atoms with van der Waals surface area (Å²) in [6.07, 6.45) is -1.69. The van der Waals surface area contributed by atoms with Crippen molar-refractivity contribution in [2.45, 2.75) is 26.0 Å². The van der Waals surface area contributed by atoms with E-state index in [1.54, 1.807) is 6.92 Å². The Morgan fingerprint density at radius 3 is 2.74 bits per heavy atom. The fourth-order valence-corrected chi connectivity index (χ4v) is 4.15. The predicted molar refractivity (Wildman–Crippen MR) is 103 cm³/mol. The summed E-state index contributed by atoms with van der Waals surface area (Å²) >= 11 is 0.750. The van der Waals surface area contributed by atoms with E-state index in [4.69, 9.17) is 9.47 Å². The van der Waals surface area contributed by atoms with Gasteiger partial charge in [0.2, 0.25) is 0 Å². The van der Waals surface area contributed by atoms with Crippen molar-refractivity contribution < 1.29 is 36.6 Å². The van der Waals surface area contributed by atoms with Crippen LogP contribution in [0.1, 0.15) is 18.4 Å². The average Bonchev–Trinajstić information content (AvgIpc) is 3.14. The lowest BCUT2D eigenvalue weighted by molar-refractivity contribution is -0.147. The zero-order chi connectivity index (χ0) is 22.3. The lowest BCUT2D eigenvalue weighted by Crippen LogP contribution is -2.46. The van der Waals surface area contributed by atoms with Crippen molar-refractivity contribution >= 4 is 39.1 Å². The molecule has 1 aliphatic heterocycles. The summed E-state index contributed by atoms with van der Waals surface area (Å²) in [7, 11) is 0. The van der Waals surface area contributed by atoms with E-state index in [1.807, 2.05) is 0 Å². The van der Waals surface area contributed by atoms with Gasteiger partial charge in [0.1, 0.15) is 27.9 Å². The maximum absolute atomic E-state index is 14.0. The third-order valence-corrected chi connectivity index (χ3v) is 5.58. The number of halogens is 4. The molecule has 1 atom stereocenters. The minimum Gasteiger partial charge on any atom is -0.478 e. The molecule has 11 heteroatoms. The van der Waals surface area contributed by atoms with Gasteiger partial charge in [-0.2, -0.15) is 0 Å². The van der Waals surface area contributed by atoms with E-state index in [1.165, 1.54) is 11.0 Å². The number of rotatable bonds is 5. The first kappa shape index (κ1) is 21.0. The molecular formula is C20H14F4N2O4S. The van der Waals surface area contributed by atoms with Crippen LogP contribution in [0.25, 0.3) is 10.2 Å². The van der Waals surface area contributed by atoms with Crippen LogP contribution >= 0.6 is 11.3 Å². The van der Waals surface area contributed by atoms with Gasteiger partial charge in [0.25, 0.3) is 5.91 Å². The van der Waals surface area contributed by atoms with Crippen molar-refractivity contribution in [3.63, 3.8) is 0 Å². The number of esters is 1. The molecule has 0 saturated heterocycles. The van der Waals surface area contributed by atoms with Crippen molar-refractivity contribution in [3.05, 3.63) is 52.5 Å². The SMILES string of the molecule is CCOC(=O)CC1Oc2cc(F)ccc2N(Cc2nc3c(F)c(F)cc(F)c3s2)C1=O. The highest BCUT2D eigenvalue weighted by molar-refractivity contribution is 7.18. The van der Waals surface area contributed by atoms with E-state index >= 15 is 0 Å². The van der Waals surface area contributed by atoms with Crippen LogP contribution in [0, 0.1) is 23.3 Å². The number of benzene rings is 2. The van der Waals surface area contributed by atoms with Crippen LogP contribution in [-0.2, 0) is 20.9 Å². The van der Waals surface area contributed by atoms with Gasteiger partial charge in [-0.05, 0) is 19.1 Å². The maximum Gasteiger partial charge on any atom is 0.310 e. The standard InChI is InChI=1S/C20H14F4N2O4S/c1-2-29-16(27)7-14-20(28)26(12-4-3-9(21)5-13(12)30-14)8-15-25-18-17(24)10(22)6-11(23)19(18)31-15/h3-6,14H,2,7-8H2,1H3. The van der Waals surface area contributed by atoms with Crippen LogP contribution in [0.3, 0.4) is 0 Å². The first-order chi connectivity index (χ1) is 14.8. The van der Waals surface area contributed by atoms with Crippen molar-refractivity contribution in [1.82, 2.24) is 4.98 Å². The average molecular weight is 454 g/mol. The Kier molecular flexibility index (Phi) is 5.52. The second-order valence-corrected chi connectivity index (χ2v) is 7.68. The van der Waals surface area contributed by atoms with E-state index < -0.39 is 53.2 Å². The van der Waals surface area contributed by atoms with E-state index in [0.717, 1.165) is 23.5 Å². The second kappa shape index (κ2) is 8.14. The van der Waals surface area contributed by atoms with Gasteiger partial charge in [-0.3, -0.25) is 14.5 Å². The van der Waals surface area contributed by atoms with Gasteiger partial charge in [-0.25, -0.2) is 22.5 Å². The smallest absolute Gasteiger partial charge is 0.310 e. The first-order valence-electron chi connectivity index (χ1n) is 9.14. The molecule has 3 aromatic rings. The van der Waals surface area contributed by atoms with Crippen molar-refractivity contribution in [2.24, 2.45) is 0 Å². The van der Waals surface area contributed by atoms with Gasteiger partial charge in [0.05, 0.1) is 30.0 Å². The highest BCUT2D eigenvalue weighted by atomic mass is 32.1. The van der Waals surface area contributed by atoms with E-state index in [9.17, 15) is 27.2 Å². The van der Waals surface area contributed by atoms with Gasteiger partial charge in [-0.15, -0.1) is 11.3 Å². The Hall–Kier alpha value is -3.21. The Bertz CT molecular complexity index is 1200. The summed E-state index contributed by atoms with van der Waals surface area (Å²) in [5.74, 6) is -5.58. The molecule has 1 aliphatic rings. The summed E-state index contributed by atoms with van der Waals surface area (Å²) in [6.45, 7) is 1.46. The molecule has 0 bridgehead atoms. The zero-order valence-electron chi connectivity index (χ0n) is 16.0. The van der Waals surface area contributed by atoms with Gasteiger partial charge >= 0.3 is 5.97 Å². The van der Waals surface area contributed by atoms with E-state index in [-0.39, 0.29) is 34.3 Å². The molecule has 2 aromatic carbocycles. The molecule has 0 fully saturated rings. The minimum atomic E-state index is -1.38. The molecule has 1 unspecified atom stereocenters. The Morgan fingerprint density at radius 2 is 2.00 bits per heavy atom. The summed E-state index contributed by atoms with van der Waals surface area (Å²) in [5, 5.41) is 0.110. The summed E-state index contributed by atoms with van der Waals surface area (Å²) in [6, 6.07) is 3.89. The molecule has 0 N–H and O–H groups in total. The maximum atomic E-state index is 14.0. The Labute approximate surface area is 177 Å². The van der Waals surface area contributed by atoms with Gasteiger partial charge in [0.15, 0.2) is 17.7 Å². The van der Waals surface area contributed by atoms with Gasteiger partial charge < -0.3 is 9.47 Å². The second-order valence-electron chi connectivity index (χ2n) is 6.59. The normalized spacial score (nSPS) is 15.7. The molecule has 4 rings (SSSR count). The molecular weight excluding hydrogens is 440 g/mol. The van der Waals surface area contributed by atoms with Crippen LogP contribution in [-0.4, -0.2) is 29.6 Å². The number of nitrogens with zero attached hydrogens (tertiary/aromatic N) is 2. The van der Waals surface area contributed by atoms with Gasteiger partial charge in [-0.1, -0.05) is 0 Å². The third kappa shape index (κ3) is 3.92. The van der Waals surface area contributed by atoms with Gasteiger partial charge in [0, 0.05) is 12.1 Å². The Morgan fingerprint density at radius 1 is 1.23 bits per heavy atom. The summed E-state index contributed by atoms with van der Waals surface area (Å²) in [5.41, 5.74) is -0.293. The predicted octanol–water partition coefficient (Wildman–Crippen LogP) is 4.10. The Balaban J connectivity index is 1.71. The van der Waals surface area contributed by atoms with Crippen LogP contribution < -0.4 is 9.64 Å². The molecule has 1 aromatic heterocycles. The molecule has 0 spiro atoms. The molecule has 1 amide bonds. The largest absolute Gasteiger partial charge is 0.478 e. The number of carbonyl (C=O) groups is 2. The lowest BCUT2D eigenvalue weighted by Gasteiger charge is -2.33. The summed E-state index contributed by atoms with van der Waals surface area (Å²) in [4.78, 5) is 29.9. The van der Waals surface area contributed by atoms with Crippen LogP contribution in [0.5, 0.6) is 5.75 Å². The number of thiazole rings is 1. The minimum absolute atomic E-state index is 0.0124. The number of hydrogen-bond acceptors (Lipinski definition) is 6. The fourth-order valence-electron chi connectivity index (χ4n) is 3.20. The highest BCUT2D eigenvalue weighted by Gasteiger charge is 2.37. The number of carbonyl (C=O) groups excluding carboxylic acids is 2. The number of anilines is 1. The first-order valence-corrected chi connectivity index (χ1v) is 9.96. The quantitative estimate of drug-likeness (QED) is 0.330. The lowest BCUT2D eigenvalue weighted by atomic mass is 10.1. The van der Waals surface area contributed by atoms with Crippen molar-refractivity contribution in [1.29, 1.82) is 0 Å². The highest BCUT2D eigenvalue weighted by Crippen LogP contribution is 2.38. The molecule has 6 nitrogen and oxygen atoms in total.